The van der Waals surface area contributed by atoms with E-state index < -0.39 is 6.16 Å². The van der Waals surface area contributed by atoms with Gasteiger partial charge in [0, 0.05) is 0 Å². The summed E-state index contributed by atoms with van der Waals surface area (Å²) in [5.74, 6) is 0.971. The summed E-state index contributed by atoms with van der Waals surface area (Å²) in [6.45, 7) is 9.06. The third-order valence-corrected chi connectivity index (χ3v) is 2.48. The second-order valence-corrected chi connectivity index (χ2v) is 5.17. The molecule has 0 aliphatic rings. The van der Waals surface area contributed by atoms with Gasteiger partial charge >= 0.3 is 6.16 Å². The molecule has 0 N–H and O–H groups in total. The van der Waals surface area contributed by atoms with Crippen LogP contribution in [0.2, 0.25) is 0 Å². The molecule has 0 aromatic carbocycles. The molecule has 0 fully saturated rings. The fourth-order valence-corrected chi connectivity index (χ4v) is 1.50. The average Bonchev–Trinajstić information content (AvgIpc) is 2.35. The summed E-state index contributed by atoms with van der Waals surface area (Å²) in [5.41, 5.74) is 0. The molecule has 1 atom stereocenters. The minimum Gasteiger partial charge on any atom is -0.434 e. The van der Waals surface area contributed by atoms with Crippen LogP contribution in [-0.2, 0) is 9.47 Å². The number of rotatable bonds is 9. The minimum atomic E-state index is -0.592. The van der Waals surface area contributed by atoms with Crippen LogP contribution in [0, 0.1) is 11.8 Å². The lowest BCUT2D eigenvalue weighted by atomic mass is 10.1. The summed E-state index contributed by atoms with van der Waals surface area (Å²) >= 11 is 0. The molecule has 3 nitrogen and oxygen atoms in total. The number of ether oxygens (including phenoxy) is 2. The van der Waals surface area contributed by atoms with E-state index in [1.165, 1.54) is 12.8 Å². The lowest BCUT2D eigenvalue weighted by Gasteiger charge is -2.06. The molecule has 3 heteroatoms. The maximum atomic E-state index is 11.1. The van der Waals surface area contributed by atoms with Crippen LogP contribution in [0.5, 0.6) is 0 Å². The Labute approximate surface area is 117 Å². The molecule has 1 unspecified atom stereocenters. The SMILES string of the molecule is CCCC(C)/C=C\C/C=C\COC(=O)OCC(C)C. The smallest absolute Gasteiger partial charge is 0.434 e. The molecule has 0 saturated carbocycles. The number of allylic oxidation sites excluding steroid dienone is 3. The maximum Gasteiger partial charge on any atom is 0.508 e. The van der Waals surface area contributed by atoms with Gasteiger partial charge in [-0.15, -0.1) is 0 Å². The first kappa shape index (κ1) is 17.8. The van der Waals surface area contributed by atoms with Gasteiger partial charge in [0.05, 0.1) is 6.61 Å². The van der Waals surface area contributed by atoms with Gasteiger partial charge in [-0.2, -0.15) is 0 Å². The van der Waals surface area contributed by atoms with Crippen molar-refractivity contribution in [1.29, 1.82) is 0 Å². The Hall–Kier alpha value is -1.25. The lowest BCUT2D eigenvalue weighted by molar-refractivity contribution is 0.0550. The van der Waals surface area contributed by atoms with Gasteiger partial charge in [0.2, 0.25) is 0 Å². The van der Waals surface area contributed by atoms with E-state index >= 15 is 0 Å². The summed E-state index contributed by atoms with van der Waals surface area (Å²) < 4.78 is 9.77. The standard InChI is InChI=1S/C16H28O3/c1-5-10-15(4)11-8-6-7-9-12-18-16(17)19-13-14(2)3/h7-9,11,14-15H,5-6,10,12-13H2,1-4H3/b9-7-,11-8-. The molecule has 0 rings (SSSR count). The fraction of sp³-hybridized carbons (Fsp3) is 0.688. The second kappa shape index (κ2) is 11.8. The monoisotopic (exact) mass is 268 g/mol. The highest BCUT2D eigenvalue weighted by Gasteiger charge is 2.03. The maximum absolute atomic E-state index is 11.1. The number of carbonyl (C=O) groups is 1. The van der Waals surface area contributed by atoms with E-state index in [0.717, 1.165) is 6.42 Å². The molecule has 0 aromatic rings. The predicted molar refractivity (Wildman–Crippen MR) is 79.1 cm³/mol. The van der Waals surface area contributed by atoms with Gasteiger partial charge in [-0.3, -0.25) is 0 Å². The van der Waals surface area contributed by atoms with Crippen molar-refractivity contribution < 1.29 is 14.3 Å². The first-order chi connectivity index (χ1) is 9.06. The molecule has 19 heavy (non-hydrogen) atoms. The zero-order chi connectivity index (χ0) is 14.5. The van der Waals surface area contributed by atoms with Gasteiger partial charge in [0.1, 0.15) is 6.61 Å². The third-order valence-electron chi connectivity index (χ3n) is 2.48. The summed E-state index contributed by atoms with van der Waals surface area (Å²) in [6, 6.07) is 0. The number of carbonyl (C=O) groups excluding carboxylic acids is 1. The number of hydrogen-bond acceptors (Lipinski definition) is 3. The van der Waals surface area contributed by atoms with Crippen LogP contribution in [0.15, 0.2) is 24.3 Å². The first-order valence-corrected chi connectivity index (χ1v) is 7.17. The molecule has 110 valence electrons. The van der Waals surface area contributed by atoms with E-state index in [1.807, 2.05) is 26.0 Å². The van der Waals surface area contributed by atoms with E-state index in [1.54, 1.807) is 0 Å². The molecule has 0 saturated heterocycles. The van der Waals surface area contributed by atoms with Gasteiger partial charge in [-0.25, -0.2) is 4.79 Å². The van der Waals surface area contributed by atoms with E-state index in [0.29, 0.717) is 18.4 Å². The van der Waals surface area contributed by atoms with Crippen LogP contribution in [0.3, 0.4) is 0 Å². The Bertz CT molecular complexity index is 280. The lowest BCUT2D eigenvalue weighted by Crippen LogP contribution is -2.11. The Balaban J connectivity index is 3.56. The zero-order valence-corrected chi connectivity index (χ0v) is 12.7. The van der Waals surface area contributed by atoms with Crippen molar-refractivity contribution in [2.24, 2.45) is 11.8 Å². The van der Waals surface area contributed by atoms with Crippen molar-refractivity contribution in [1.82, 2.24) is 0 Å². The molecule has 0 amide bonds. The van der Waals surface area contributed by atoms with Crippen LogP contribution in [0.4, 0.5) is 4.79 Å². The fourth-order valence-electron chi connectivity index (χ4n) is 1.50. The molecule has 0 radical (unpaired) electrons. The largest absolute Gasteiger partial charge is 0.508 e. The van der Waals surface area contributed by atoms with E-state index in [-0.39, 0.29) is 6.61 Å². The van der Waals surface area contributed by atoms with Crippen molar-refractivity contribution in [2.75, 3.05) is 13.2 Å². The highest BCUT2D eigenvalue weighted by molar-refractivity contribution is 5.59. The highest BCUT2D eigenvalue weighted by atomic mass is 16.7. The topological polar surface area (TPSA) is 35.5 Å². The Kier molecular flexibility index (Phi) is 11.0. The predicted octanol–water partition coefficient (Wildman–Crippen LogP) is 4.73. The first-order valence-electron chi connectivity index (χ1n) is 7.17. The van der Waals surface area contributed by atoms with Gasteiger partial charge in [-0.1, -0.05) is 58.4 Å². The van der Waals surface area contributed by atoms with Gasteiger partial charge in [-0.05, 0) is 24.7 Å². The number of hydrogen-bond donors (Lipinski definition) is 0. The summed E-state index contributed by atoms with van der Waals surface area (Å²) in [4.78, 5) is 11.1. The molecule has 0 aliphatic heterocycles. The van der Waals surface area contributed by atoms with Crippen molar-refractivity contribution in [3.05, 3.63) is 24.3 Å². The molecule has 0 aromatic heterocycles. The molecule has 0 bridgehead atoms. The second-order valence-electron chi connectivity index (χ2n) is 5.17. The van der Waals surface area contributed by atoms with Crippen molar-refractivity contribution in [3.8, 4) is 0 Å². The van der Waals surface area contributed by atoms with Crippen molar-refractivity contribution >= 4 is 6.16 Å². The quantitative estimate of drug-likeness (QED) is 0.448. The van der Waals surface area contributed by atoms with Crippen LogP contribution in [0.25, 0.3) is 0 Å². The summed E-state index contributed by atoms with van der Waals surface area (Å²) in [7, 11) is 0. The van der Waals surface area contributed by atoms with E-state index in [9.17, 15) is 4.79 Å². The van der Waals surface area contributed by atoms with Crippen LogP contribution < -0.4 is 0 Å². The Morgan fingerprint density at radius 2 is 1.84 bits per heavy atom. The summed E-state index contributed by atoms with van der Waals surface area (Å²) in [5, 5.41) is 0. The third kappa shape index (κ3) is 13.0. The van der Waals surface area contributed by atoms with Gasteiger partial charge in [0.15, 0.2) is 0 Å². The Morgan fingerprint density at radius 1 is 1.11 bits per heavy atom. The van der Waals surface area contributed by atoms with Crippen molar-refractivity contribution in [3.63, 3.8) is 0 Å². The van der Waals surface area contributed by atoms with Crippen LogP contribution in [-0.4, -0.2) is 19.4 Å². The molecule has 0 spiro atoms. The Morgan fingerprint density at radius 3 is 2.47 bits per heavy atom. The van der Waals surface area contributed by atoms with Crippen LogP contribution >= 0.6 is 0 Å². The van der Waals surface area contributed by atoms with E-state index in [4.69, 9.17) is 9.47 Å². The molecular formula is C16H28O3. The normalized spacial score (nSPS) is 13.3. The van der Waals surface area contributed by atoms with Gasteiger partial charge in [0.25, 0.3) is 0 Å². The molecule has 0 heterocycles. The average molecular weight is 268 g/mol. The summed E-state index contributed by atoms with van der Waals surface area (Å²) in [6.07, 6.45) is 10.9. The van der Waals surface area contributed by atoms with Gasteiger partial charge < -0.3 is 9.47 Å². The highest BCUT2D eigenvalue weighted by Crippen LogP contribution is 2.06. The minimum absolute atomic E-state index is 0.273. The zero-order valence-electron chi connectivity index (χ0n) is 12.7. The van der Waals surface area contributed by atoms with Crippen molar-refractivity contribution in [2.45, 2.75) is 47.0 Å². The van der Waals surface area contributed by atoms with Crippen LogP contribution in [0.1, 0.15) is 47.0 Å². The van der Waals surface area contributed by atoms with E-state index in [2.05, 4.69) is 26.0 Å². The molecule has 0 aliphatic carbocycles. The molecular weight excluding hydrogens is 240 g/mol.